The van der Waals surface area contributed by atoms with Gasteiger partial charge in [0.05, 0.1) is 23.8 Å². The number of rotatable bonds is 5. The predicted octanol–water partition coefficient (Wildman–Crippen LogP) is 3.04. The average Bonchev–Trinajstić information content (AvgIpc) is 3.21. The van der Waals surface area contributed by atoms with Crippen molar-refractivity contribution >= 4 is 28.9 Å². The molecule has 10 heteroatoms. The number of halogens is 1. The van der Waals surface area contributed by atoms with Gasteiger partial charge in [0.15, 0.2) is 11.5 Å². The molecule has 0 aromatic heterocycles. The molecule has 1 saturated heterocycles. The summed E-state index contributed by atoms with van der Waals surface area (Å²) in [5.74, 6) is 0.760. The molecule has 1 unspecified atom stereocenters. The van der Waals surface area contributed by atoms with E-state index in [1.165, 1.54) is 12.1 Å². The minimum atomic E-state index is -0.592. The van der Waals surface area contributed by atoms with E-state index in [4.69, 9.17) is 25.8 Å². The number of nitrogens with one attached hydrogen (secondary N) is 1. The minimum Gasteiger partial charge on any atom is -0.495 e. The molecular weight excluding hydrogens is 414 g/mol. The number of benzene rings is 2. The Bertz CT molecular complexity index is 999. The summed E-state index contributed by atoms with van der Waals surface area (Å²) in [7, 11) is 1.59. The Hall–Kier alpha value is -3.20. The number of hydrogen-bond acceptors (Lipinski definition) is 7. The summed E-state index contributed by atoms with van der Waals surface area (Å²) >= 11 is 6.12. The molecule has 0 radical (unpaired) electrons. The van der Waals surface area contributed by atoms with Crippen molar-refractivity contribution in [1.82, 2.24) is 5.32 Å². The number of hydrogen-bond donors (Lipinski definition) is 1. The van der Waals surface area contributed by atoms with Crippen LogP contribution in [0.5, 0.6) is 17.2 Å². The molecule has 30 heavy (non-hydrogen) atoms. The Labute approximate surface area is 177 Å². The highest BCUT2D eigenvalue weighted by atomic mass is 35.5. The number of nitro groups is 1. The van der Waals surface area contributed by atoms with Gasteiger partial charge in [-0.3, -0.25) is 14.9 Å². The lowest BCUT2D eigenvalue weighted by Crippen LogP contribution is -2.37. The molecule has 1 fully saturated rings. The Morgan fingerprint density at radius 1 is 1.27 bits per heavy atom. The van der Waals surface area contributed by atoms with Gasteiger partial charge in [-0.05, 0) is 24.6 Å². The first-order valence-corrected chi connectivity index (χ1v) is 9.81. The first-order valence-electron chi connectivity index (χ1n) is 9.43. The molecule has 2 aliphatic heterocycles. The van der Waals surface area contributed by atoms with Crippen LogP contribution in [0.4, 0.5) is 11.4 Å². The summed E-state index contributed by atoms with van der Waals surface area (Å²) in [6.07, 6.45) is 0.680. The number of carbonyl (C=O) groups is 1. The third-order valence-corrected chi connectivity index (χ3v) is 5.34. The van der Waals surface area contributed by atoms with Crippen molar-refractivity contribution in [2.24, 2.45) is 0 Å². The fourth-order valence-corrected chi connectivity index (χ4v) is 3.85. The molecule has 0 saturated carbocycles. The standard InChI is InChI=1S/C20H20ClN3O6/c1-28-17-3-2-12(21)8-16(17)23-5-4-13(11-23)22-20(25)14-9-18-19(30-7-6-29-18)10-15(14)24(26)27/h2-3,8-10,13H,4-7,11H2,1H3,(H,22,25). The maximum atomic E-state index is 12.9. The zero-order valence-corrected chi connectivity index (χ0v) is 17.0. The average molecular weight is 434 g/mol. The lowest BCUT2D eigenvalue weighted by Gasteiger charge is -2.22. The quantitative estimate of drug-likeness (QED) is 0.571. The number of fused-ring (bicyclic) bond motifs is 1. The van der Waals surface area contributed by atoms with E-state index >= 15 is 0 Å². The molecular formula is C20H20ClN3O6. The molecule has 9 nitrogen and oxygen atoms in total. The van der Waals surface area contributed by atoms with E-state index in [1.54, 1.807) is 19.2 Å². The van der Waals surface area contributed by atoms with Crippen molar-refractivity contribution < 1.29 is 23.9 Å². The van der Waals surface area contributed by atoms with Crippen molar-refractivity contribution in [2.75, 3.05) is 38.3 Å². The zero-order chi connectivity index (χ0) is 21.3. The Kier molecular flexibility index (Phi) is 5.54. The number of methoxy groups -OCH3 is 1. The topological polar surface area (TPSA) is 103 Å². The van der Waals surface area contributed by atoms with E-state index < -0.39 is 10.8 Å². The first kappa shape index (κ1) is 20.1. The van der Waals surface area contributed by atoms with Crippen LogP contribution >= 0.6 is 11.6 Å². The first-order chi connectivity index (χ1) is 14.5. The van der Waals surface area contributed by atoms with Crippen LogP contribution in [-0.4, -0.2) is 50.3 Å². The van der Waals surface area contributed by atoms with Gasteiger partial charge in [-0.2, -0.15) is 0 Å². The van der Waals surface area contributed by atoms with E-state index in [2.05, 4.69) is 10.2 Å². The van der Waals surface area contributed by atoms with E-state index in [1.807, 2.05) is 6.07 Å². The fourth-order valence-electron chi connectivity index (χ4n) is 3.68. The Balaban J connectivity index is 1.51. The maximum absolute atomic E-state index is 12.9. The molecule has 0 aliphatic carbocycles. The van der Waals surface area contributed by atoms with Gasteiger partial charge in [-0.15, -0.1) is 0 Å². The number of anilines is 1. The van der Waals surface area contributed by atoms with Crippen LogP contribution in [0.15, 0.2) is 30.3 Å². The molecule has 1 N–H and O–H groups in total. The second kappa shape index (κ2) is 8.27. The van der Waals surface area contributed by atoms with E-state index in [0.29, 0.717) is 49.2 Å². The maximum Gasteiger partial charge on any atom is 0.286 e. The molecule has 2 aromatic carbocycles. The smallest absolute Gasteiger partial charge is 0.286 e. The number of nitro benzene ring substituents is 1. The SMILES string of the molecule is COc1ccc(Cl)cc1N1CCC(NC(=O)c2cc3c(cc2[N+](=O)[O-])OCCO3)C1. The number of nitrogens with zero attached hydrogens (tertiary/aromatic N) is 2. The van der Waals surface area contributed by atoms with Gasteiger partial charge in [0.25, 0.3) is 11.6 Å². The Morgan fingerprint density at radius 3 is 2.70 bits per heavy atom. The third-order valence-electron chi connectivity index (χ3n) is 5.11. The van der Waals surface area contributed by atoms with Gasteiger partial charge >= 0.3 is 0 Å². The molecule has 2 aromatic rings. The fraction of sp³-hybridized carbons (Fsp3) is 0.350. The van der Waals surface area contributed by atoms with Gasteiger partial charge in [0.1, 0.15) is 24.5 Å². The van der Waals surface area contributed by atoms with Crippen LogP contribution in [0.2, 0.25) is 5.02 Å². The predicted molar refractivity (Wildman–Crippen MR) is 110 cm³/mol. The monoisotopic (exact) mass is 433 g/mol. The second-order valence-electron chi connectivity index (χ2n) is 6.99. The molecule has 1 atom stereocenters. The molecule has 2 heterocycles. The van der Waals surface area contributed by atoms with Crippen LogP contribution in [0.1, 0.15) is 16.8 Å². The summed E-state index contributed by atoms with van der Waals surface area (Å²) in [5, 5.41) is 15.0. The van der Waals surface area contributed by atoms with E-state index in [0.717, 1.165) is 5.69 Å². The van der Waals surface area contributed by atoms with Crippen LogP contribution in [-0.2, 0) is 0 Å². The van der Waals surface area contributed by atoms with E-state index in [9.17, 15) is 14.9 Å². The van der Waals surface area contributed by atoms with E-state index in [-0.39, 0.29) is 23.0 Å². The molecule has 4 rings (SSSR count). The van der Waals surface area contributed by atoms with Gasteiger partial charge in [-0.1, -0.05) is 11.6 Å². The molecule has 1 amide bonds. The van der Waals surface area contributed by atoms with Crippen molar-refractivity contribution in [2.45, 2.75) is 12.5 Å². The van der Waals surface area contributed by atoms with Crippen LogP contribution in [0, 0.1) is 10.1 Å². The van der Waals surface area contributed by atoms with Gasteiger partial charge in [-0.25, -0.2) is 0 Å². The van der Waals surface area contributed by atoms with Gasteiger partial charge in [0, 0.05) is 30.2 Å². The normalized spacial score (nSPS) is 17.5. The summed E-state index contributed by atoms with van der Waals surface area (Å²) in [6.45, 7) is 1.84. The lowest BCUT2D eigenvalue weighted by atomic mass is 10.1. The van der Waals surface area contributed by atoms with Crippen molar-refractivity contribution in [3.8, 4) is 17.2 Å². The summed E-state index contributed by atoms with van der Waals surface area (Å²) in [5.41, 5.74) is 0.471. The Morgan fingerprint density at radius 2 is 2.00 bits per heavy atom. The number of amides is 1. The number of ether oxygens (including phenoxy) is 3. The van der Waals surface area contributed by atoms with Crippen LogP contribution in [0.3, 0.4) is 0 Å². The molecule has 158 valence electrons. The minimum absolute atomic E-state index is 0.0527. The van der Waals surface area contributed by atoms with Gasteiger partial charge < -0.3 is 24.4 Å². The van der Waals surface area contributed by atoms with Crippen molar-refractivity contribution in [1.29, 1.82) is 0 Å². The highest BCUT2D eigenvalue weighted by Crippen LogP contribution is 2.37. The summed E-state index contributed by atoms with van der Waals surface area (Å²) < 4.78 is 16.3. The molecule has 0 bridgehead atoms. The summed E-state index contributed by atoms with van der Waals surface area (Å²) in [6, 6.07) is 7.78. The second-order valence-corrected chi connectivity index (χ2v) is 7.43. The van der Waals surface area contributed by atoms with Crippen molar-refractivity contribution in [3.05, 3.63) is 51.0 Å². The lowest BCUT2D eigenvalue weighted by molar-refractivity contribution is -0.385. The van der Waals surface area contributed by atoms with Gasteiger partial charge in [0.2, 0.25) is 0 Å². The summed E-state index contributed by atoms with van der Waals surface area (Å²) in [4.78, 5) is 25.8. The van der Waals surface area contributed by atoms with Crippen LogP contribution < -0.4 is 24.4 Å². The largest absolute Gasteiger partial charge is 0.495 e. The molecule has 2 aliphatic rings. The highest BCUT2D eigenvalue weighted by molar-refractivity contribution is 6.31. The van der Waals surface area contributed by atoms with Crippen LogP contribution in [0.25, 0.3) is 0 Å². The molecule has 0 spiro atoms. The highest BCUT2D eigenvalue weighted by Gasteiger charge is 2.30. The number of carbonyl (C=O) groups excluding carboxylic acids is 1. The zero-order valence-electron chi connectivity index (χ0n) is 16.2. The third kappa shape index (κ3) is 3.93. The van der Waals surface area contributed by atoms with Crippen molar-refractivity contribution in [3.63, 3.8) is 0 Å².